The first-order chi connectivity index (χ1) is 18.1. The number of pyridine rings is 1. The molecule has 0 saturated carbocycles. The number of hydrogen-bond donors (Lipinski definition) is 3. The van der Waals surface area contributed by atoms with E-state index in [0.717, 1.165) is 11.4 Å². The summed E-state index contributed by atoms with van der Waals surface area (Å²) in [5.74, 6) is -0.544. The fraction of sp³-hybridized carbons (Fsp3) is 0.296. The lowest BCUT2D eigenvalue weighted by Crippen LogP contribution is -2.46. The molecule has 1 aromatic carbocycles. The summed E-state index contributed by atoms with van der Waals surface area (Å²) in [6, 6.07) is 5.63. The molecule has 0 spiro atoms. The number of amides is 1. The minimum absolute atomic E-state index is 0.0770. The van der Waals surface area contributed by atoms with Crippen LogP contribution in [0.4, 0.5) is 11.5 Å². The van der Waals surface area contributed by atoms with E-state index in [4.69, 9.17) is 26.9 Å². The van der Waals surface area contributed by atoms with Gasteiger partial charge in [0.15, 0.2) is 0 Å². The maximum absolute atomic E-state index is 13.1. The molecule has 0 radical (unpaired) electrons. The lowest BCUT2D eigenvalue weighted by molar-refractivity contribution is -0.148. The van der Waals surface area contributed by atoms with E-state index in [1.54, 1.807) is 18.3 Å². The summed E-state index contributed by atoms with van der Waals surface area (Å²) in [6.45, 7) is 9.98. The number of carbonyl (C=O) groups excluding carboxylic acids is 3. The van der Waals surface area contributed by atoms with E-state index in [1.165, 1.54) is 4.90 Å². The lowest BCUT2D eigenvalue weighted by atomic mass is 9.97. The van der Waals surface area contributed by atoms with Crippen LogP contribution in [-0.2, 0) is 25.6 Å². The van der Waals surface area contributed by atoms with E-state index in [-0.39, 0.29) is 12.3 Å². The summed E-state index contributed by atoms with van der Waals surface area (Å²) in [4.78, 5) is 48.9. The highest BCUT2D eigenvalue weighted by atomic mass is 35.5. The maximum Gasteiger partial charge on any atom is 0.326 e. The Hall–Kier alpha value is -4.18. The van der Waals surface area contributed by atoms with E-state index in [9.17, 15) is 14.7 Å². The SMILES string of the molecule is C=C(N)c1cc(Cl)c(CC(C(=O)O)N2CCC(Nc3ccc(N(C)C)nc3)C2=O)cc1/C=C\C.C=O.C=O. The molecule has 2 aromatic rings. The molecule has 38 heavy (non-hydrogen) atoms. The van der Waals surface area contributed by atoms with Gasteiger partial charge in [0.1, 0.15) is 31.5 Å². The zero-order chi connectivity index (χ0) is 29.0. The van der Waals surface area contributed by atoms with Gasteiger partial charge in [-0.05, 0) is 48.7 Å². The number of rotatable bonds is 9. The molecule has 1 amide bonds. The van der Waals surface area contributed by atoms with Crippen molar-refractivity contribution < 1.29 is 24.3 Å². The minimum atomic E-state index is -1.08. The van der Waals surface area contributed by atoms with Crippen molar-refractivity contribution in [3.8, 4) is 0 Å². The highest BCUT2D eigenvalue weighted by Gasteiger charge is 2.39. The zero-order valence-electron chi connectivity index (χ0n) is 21.8. The van der Waals surface area contributed by atoms with Gasteiger partial charge in [-0.2, -0.15) is 0 Å². The van der Waals surface area contributed by atoms with Crippen LogP contribution in [0.1, 0.15) is 30.0 Å². The fourth-order valence-electron chi connectivity index (χ4n) is 4.01. The molecule has 2 unspecified atom stereocenters. The monoisotopic (exact) mass is 543 g/mol. The van der Waals surface area contributed by atoms with Gasteiger partial charge in [-0.1, -0.05) is 30.3 Å². The number of aromatic nitrogens is 1. The Morgan fingerprint density at radius 1 is 1.32 bits per heavy atom. The van der Waals surface area contributed by atoms with Gasteiger partial charge in [0.05, 0.1) is 11.9 Å². The lowest BCUT2D eigenvalue weighted by Gasteiger charge is -2.26. The first-order valence-corrected chi connectivity index (χ1v) is 11.9. The highest BCUT2D eigenvalue weighted by molar-refractivity contribution is 6.31. The Balaban J connectivity index is 0.00000172. The molecular formula is C27H34ClN5O5. The van der Waals surface area contributed by atoms with E-state index >= 15 is 0 Å². The fourth-order valence-corrected chi connectivity index (χ4v) is 4.25. The average molecular weight is 544 g/mol. The number of carboxylic acids is 1. The van der Waals surface area contributed by atoms with E-state index < -0.39 is 18.1 Å². The Labute approximate surface area is 227 Å². The van der Waals surface area contributed by atoms with Gasteiger partial charge in [0.25, 0.3) is 0 Å². The van der Waals surface area contributed by atoms with Crippen molar-refractivity contribution in [3.05, 3.63) is 64.8 Å². The molecule has 2 heterocycles. The van der Waals surface area contributed by atoms with Crippen molar-refractivity contribution in [3.63, 3.8) is 0 Å². The van der Waals surface area contributed by atoms with E-state index in [0.29, 0.717) is 40.5 Å². The topological polar surface area (TPSA) is 146 Å². The van der Waals surface area contributed by atoms with Crippen LogP contribution in [0.5, 0.6) is 0 Å². The first-order valence-electron chi connectivity index (χ1n) is 11.5. The summed E-state index contributed by atoms with van der Waals surface area (Å²) in [7, 11) is 3.79. The molecule has 1 aliphatic heterocycles. The van der Waals surface area contributed by atoms with Gasteiger partial charge in [-0.15, -0.1) is 0 Å². The number of carboxylic acid groups (broad SMARTS) is 1. The molecule has 204 valence electrons. The summed E-state index contributed by atoms with van der Waals surface area (Å²) in [6.07, 6.45) is 5.94. The summed E-state index contributed by atoms with van der Waals surface area (Å²) < 4.78 is 0. The largest absolute Gasteiger partial charge is 0.480 e. The molecule has 1 fully saturated rings. The number of halogens is 1. The number of allylic oxidation sites excluding steroid dienone is 1. The molecule has 2 atom stereocenters. The van der Waals surface area contributed by atoms with Crippen LogP contribution in [0.2, 0.25) is 5.02 Å². The molecule has 10 nitrogen and oxygen atoms in total. The van der Waals surface area contributed by atoms with Gasteiger partial charge >= 0.3 is 5.97 Å². The van der Waals surface area contributed by atoms with Gasteiger partial charge in [0.2, 0.25) is 5.91 Å². The van der Waals surface area contributed by atoms with E-state index in [1.807, 2.05) is 63.8 Å². The number of hydrogen-bond acceptors (Lipinski definition) is 8. The Morgan fingerprint density at radius 3 is 2.47 bits per heavy atom. The van der Waals surface area contributed by atoms with Crippen LogP contribution < -0.4 is 16.0 Å². The van der Waals surface area contributed by atoms with Crippen LogP contribution in [0.3, 0.4) is 0 Å². The second-order valence-corrected chi connectivity index (χ2v) is 8.84. The molecule has 0 aliphatic carbocycles. The third-order valence-corrected chi connectivity index (χ3v) is 6.12. The Kier molecular flexibility index (Phi) is 12.7. The maximum atomic E-state index is 13.1. The van der Waals surface area contributed by atoms with Crippen LogP contribution >= 0.6 is 11.6 Å². The second kappa shape index (κ2) is 15.2. The Bertz CT molecular complexity index is 1150. The number of nitrogens with two attached hydrogens (primary N) is 1. The summed E-state index contributed by atoms with van der Waals surface area (Å²) >= 11 is 6.47. The number of anilines is 2. The third kappa shape index (κ3) is 7.91. The van der Waals surface area contributed by atoms with Crippen LogP contribution in [0, 0.1) is 0 Å². The van der Waals surface area contributed by atoms with Crippen LogP contribution in [0.15, 0.2) is 43.1 Å². The van der Waals surface area contributed by atoms with Gasteiger partial charge in [0, 0.05) is 43.3 Å². The van der Waals surface area contributed by atoms with Gasteiger partial charge in [-0.25, -0.2) is 9.78 Å². The quantitative estimate of drug-likeness (QED) is 0.434. The molecule has 4 N–H and O–H groups in total. The predicted molar refractivity (Wildman–Crippen MR) is 151 cm³/mol. The summed E-state index contributed by atoms with van der Waals surface area (Å²) in [5.41, 5.74) is 9.06. The van der Waals surface area contributed by atoms with E-state index in [2.05, 4.69) is 16.9 Å². The first kappa shape index (κ1) is 31.8. The highest BCUT2D eigenvalue weighted by Crippen LogP contribution is 2.29. The molecule has 1 saturated heterocycles. The molecule has 3 rings (SSSR count). The van der Waals surface area contributed by atoms with Crippen molar-refractivity contribution in [1.29, 1.82) is 0 Å². The van der Waals surface area contributed by atoms with Crippen molar-refractivity contribution in [2.75, 3.05) is 30.9 Å². The smallest absolute Gasteiger partial charge is 0.326 e. The summed E-state index contributed by atoms with van der Waals surface area (Å²) in [5, 5.41) is 13.5. The number of nitrogens with one attached hydrogen (secondary N) is 1. The molecule has 1 aliphatic rings. The third-order valence-electron chi connectivity index (χ3n) is 5.77. The normalized spacial score (nSPS) is 15.1. The number of carbonyl (C=O) groups is 4. The van der Waals surface area contributed by atoms with Crippen LogP contribution in [0.25, 0.3) is 11.8 Å². The van der Waals surface area contributed by atoms with Crippen molar-refractivity contribution in [2.24, 2.45) is 5.73 Å². The van der Waals surface area contributed by atoms with Crippen molar-refractivity contribution in [2.45, 2.75) is 31.8 Å². The van der Waals surface area contributed by atoms with Crippen LogP contribution in [-0.4, -0.2) is 73.2 Å². The minimum Gasteiger partial charge on any atom is -0.480 e. The van der Waals surface area contributed by atoms with Gasteiger partial charge in [-0.3, -0.25) is 4.79 Å². The van der Waals surface area contributed by atoms with Crippen molar-refractivity contribution in [1.82, 2.24) is 9.88 Å². The second-order valence-electron chi connectivity index (χ2n) is 8.43. The number of likely N-dealkylation sites (tertiary alicyclic amines) is 1. The number of benzene rings is 1. The number of nitrogens with zero attached hydrogens (tertiary/aromatic N) is 3. The predicted octanol–water partition coefficient (Wildman–Crippen LogP) is 3.10. The van der Waals surface area contributed by atoms with Gasteiger partial charge < -0.3 is 35.5 Å². The molecule has 11 heteroatoms. The number of aliphatic carboxylic acids is 1. The Morgan fingerprint density at radius 2 is 1.97 bits per heavy atom. The average Bonchev–Trinajstić information content (AvgIpc) is 3.25. The van der Waals surface area contributed by atoms with Crippen molar-refractivity contribution >= 4 is 60.3 Å². The molecule has 1 aromatic heterocycles. The molecule has 0 bridgehead atoms. The standard InChI is InChI=1S/C25H30ClN5O3.2CH2O/c1-5-6-16-11-17(20(26)13-19(16)15(2)27)12-22(25(33)34)31-10-9-21(24(31)32)29-18-7-8-23(28-14-18)30(3)4;2*1-2/h5-8,11,13-14,21-22,29H,2,9-10,12,27H2,1,3-4H3,(H,33,34);2*1H2/b6-5-;;. The zero-order valence-corrected chi connectivity index (χ0v) is 22.6. The molecular weight excluding hydrogens is 510 g/mol.